The molecule has 0 radical (unpaired) electrons. The highest BCUT2D eigenvalue weighted by molar-refractivity contribution is 5.89. The molecule has 1 aromatic rings. The lowest BCUT2D eigenvalue weighted by Crippen LogP contribution is -2.48. The summed E-state index contributed by atoms with van der Waals surface area (Å²) < 4.78 is 0. The molecule has 0 aromatic heterocycles. The van der Waals surface area contributed by atoms with Crippen LogP contribution in [-0.4, -0.2) is 34.1 Å². The number of nitrogens with one attached hydrogen (secondary N) is 1. The summed E-state index contributed by atoms with van der Waals surface area (Å²) in [5, 5.41) is 21.3. The Balaban J connectivity index is 1.73. The second kappa shape index (κ2) is 6.47. The Labute approximate surface area is 139 Å². The number of carbonyl (C=O) groups excluding carboxylic acids is 1. The summed E-state index contributed by atoms with van der Waals surface area (Å²) in [6, 6.07) is 7.95. The molecule has 1 amide bonds. The van der Waals surface area contributed by atoms with Crippen LogP contribution in [0.4, 0.5) is 0 Å². The van der Waals surface area contributed by atoms with Crippen molar-refractivity contribution in [2.45, 2.75) is 18.9 Å². The van der Waals surface area contributed by atoms with Crippen LogP contribution in [0.25, 0.3) is 0 Å². The van der Waals surface area contributed by atoms with Crippen molar-refractivity contribution in [3.63, 3.8) is 0 Å². The number of fused-ring (bicyclic) bond motifs is 2. The van der Waals surface area contributed by atoms with Crippen LogP contribution in [0.2, 0.25) is 0 Å². The van der Waals surface area contributed by atoms with Crippen LogP contribution < -0.4 is 5.32 Å². The molecule has 6 heteroatoms. The second-order valence-corrected chi connectivity index (χ2v) is 6.43. The van der Waals surface area contributed by atoms with E-state index in [1.54, 1.807) is 24.3 Å². The normalized spacial score (nSPS) is 28.5. The second-order valence-electron chi connectivity index (χ2n) is 6.43. The monoisotopic (exact) mass is 329 g/mol. The third-order valence-electron chi connectivity index (χ3n) is 4.94. The lowest BCUT2D eigenvalue weighted by molar-refractivity contribution is -0.148. The molecule has 1 saturated carbocycles. The number of hydrogen-bond acceptors (Lipinski definition) is 3. The van der Waals surface area contributed by atoms with Gasteiger partial charge in [0.1, 0.15) is 6.04 Å². The van der Waals surface area contributed by atoms with Crippen molar-refractivity contribution in [1.29, 1.82) is 0 Å². The van der Waals surface area contributed by atoms with E-state index in [0.717, 1.165) is 5.56 Å². The molecule has 24 heavy (non-hydrogen) atoms. The molecule has 0 spiro atoms. The third kappa shape index (κ3) is 3.04. The van der Waals surface area contributed by atoms with Crippen LogP contribution in [0.5, 0.6) is 0 Å². The van der Waals surface area contributed by atoms with Crippen LogP contribution in [0.15, 0.2) is 42.5 Å². The molecular weight excluding hydrogens is 310 g/mol. The summed E-state index contributed by atoms with van der Waals surface area (Å²) in [6.07, 6.45) is 4.54. The number of benzene rings is 1. The molecule has 3 rings (SSSR count). The highest BCUT2D eigenvalue weighted by Gasteiger charge is 2.52. The van der Waals surface area contributed by atoms with Crippen molar-refractivity contribution in [2.75, 3.05) is 0 Å². The van der Waals surface area contributed by atoms with Crippen LogP contribution in [0, 0.1) is 23.7 Å². The molecule has 2 aliphatic rings. The maximum absolute atomic E-state index is 12.6. The Morgan fingerprint density at radius 3 is 2.25 bits per heavy atom. The van der Waals surface area contributed by atoms with Gasteiger partial charge in [0.15, 0.2) is 0 Å². The maximum atomic E-state index is 12.6. The minimum atomic E-state index is -1.13. The average Bonchev–Trinajstić information content (AvgIpc) is 3.16. The lowest BCUT2D eigenvalue weighted by Gasteiger charge is -2.25. The zero-order chi connectivity index (χ0) is 17.3. The quantitative estimate of drug-likeness (QED) is 0.683. The van der Waals surface area contributed by atoms with Gasteiger partial charge in [0, 0.05) is 6.42 Å². The number of rotatable bonds is 6. The number of hydrogen-bond donors (Lipinski definition) is 3. The molecule has 5 atom stereocenters. The third-order valence-corrected chi connectivity index (χ3v) is 4.94. The fraction of sp³-hybridized carbons (Fsp3) is 0.389. The largest absolute Gasteiger partial charge is 0.481 e. The minimum Gasteiger partial charge on any atom is -0.481 e. The van der Waals surface area contributed by atoms with E-state index in [1.807, 2.05) is 18.2 Å². The first-order valence-electron chi connectivity index (χ1n) is 7.95. The SMILES string of the molecule is O=C(N[C@@H](Cc1ccccc1)C(=O)O)[C@@H]1[C@H](C(=O)O)[C@H]2C=C[C@H]1C2. The molecular formula is C18H19NO5. The summed E-state index contributed by atoms with van der Waals surface area (Å²) in [5.41, 5.74) is 0.799. The van der Waals surface area contributed by atoms with Gasteiger partial charge < -0.3 is 15.5 Å². The Hall–Kier alpha value is -2.63. The van der Waals surface area contributed by atoms with Gasteiger partial charge in [-0.15, -0.1) is 0 Å². The number of aliphatic carboxylic acids is 2. The number of carboxylic acids is 2. The van der Waals surface area contributed by atoms with E-state index in [-0.39, 0.29) is 18.3 Å². The zero-order valence-electron chi connectivity index (χ0n) is 13.0. The minimum absolute atomic E-state index is 0.123. The molecule has 2 aliphatic carbocycles. The fourth-order valence-electron chi connectivity index (χ4n) is 3.83. The Kier molecular flexibility index (Phi) is 4.38. The first-order valence-corrected chi connectivity index (χ1v) is 7.95. The van der Waals surface area contributed by atoms with Gasteiger partial charge in [-0.25, -0.2) is 4.79 Å². The number of carbonyl (C=O) groups is 3. The van der Waals surface area contributed by atoms with Crippen LogP contribution in [-0.2, 0) is 20.8 Å². The highest BCUT2D eigenvalue weighted by Crippen LogP contribution is 2.48. The van der Waals surface area contributed by atoms with Gasteiger partial charge in [0.05, 0.1) is 11.8 Å². The molecule has 126 valence electrons. The van der Waals surface area contributed by atoms with Gasteiger partial charge >= 0.3 is 11.9 Å². The van der Waals surface area contributed by atoms with Gasteiger partial charge in [-0.2, -0.15) is 0 Å². The summed E-state index contributed by atoms with van der Waals surface area (Å²) in [4.78, 5) is 35.6. The molecule has 1 fully saturated rings. The van der Waals surface area contributed by atoms with E-state index in [9.17, 15) is 24.6 Å². The van der Waals surface area contributed by atoms with Gasteiger partial charge in [0.25, 0.3) is 0 Å². The van der Waals surface area contributed by atoms with E-state index in [4.69, 9.17) is 0 Å². The van der Waals surface area contributed by atoms with Gasteiger partial charge in [-0.1, -0.05) is 42.5 Å². The van der Waals surface area contributed by atoms with E-state index in [1.165, 1.54) is 0 Å². The van der Waals surface area contributed by atoms with E-state index in [0.29, 0.717) is 6.42 Å². The van der Waals surface area contributed by atoms with E-state index in [2.05, 4.69) is 5.32 Å². The van der Waals surface area contributed by atoms with Crippen LogP contribution in [0.3, 0.4) is 0 Å². The Bertz CT molecular complexity index is 684. The fourth-order valence-corrected chi connectivity index (χ4v) is 3.83. The number of amides is 1. The van der Waals surface area contributed by atoms with Crippen molar-refractivity contribution in [2.24, 2.45) is 23.7 Å². The molecule has 0 aliphatic heterocycles. The zero-order valence-corrected chi connectivity index (χ0v) is 13.0. The van der Waals surface area contributed by atoms with E-state index < -0.39 is 35.7 Å². The lowest BCUT2D eigenvalue weighted by atomic mass is 9.82. The van der Waals surface area contributed by atoms with Crippen molar-refractivity contribution in [3.8, 4) is 0 Å². The maximum Gasteiger partial charge on any atom is 0.326 e. The number of allylic oxidation sites excluding steroid dienone is 2. The van der Waals surface area contributed by atoms with Crippen molar-refractivity contribution in [3.05, 3.63) is 48.0 Å². The molecule has 6 nitrogen and oxygen atoms in total. The molecule has 0 saturated heterocycles. The van der Waals surface area contributed by atoms with E-state index >= 15 is 0 Å². The Morgan fingerprint density at radius 2 is 1.67 bits per heavy atom. The van der Waals surface area contributed by atoms with Gasteiger partial charge in [-0.05, 0) is 23.8 Å². The highest BCUT2D eigenvalue weighted by atomic mass is 16.4. The predicted octanol–water partition coefficient (Wildman–Crippen LogP) is 1.32. The first kappa shape index (κ1) is 16.2. The summed E-state index contributed by atoms with van der Waals surface area (Å²) >= 11 is 0. The molecule has 0 unspecified atom stereocenters. The summed E-state index contributed by atoms with van der Waals surface area (Å²) in [7, 11) is 0. The van der Waals surface area contributed by atoms with Crippen molar-refractivity contribution >= 4 is 17.8 Å². The molecule has 3 N–H and O–H groups in total. The molecule has 2 bridgehead atoms. The van der Waals surface area contributed by atoms with Gasteiger partial charge in [-0.3, -0.25) is 9.59 Å². The van der Waals surface area contributed by atoms with Gasteiger partial charge in [0.2, 0.25) is 5.91 Å². The first-order chi connectivity index (χ1) is 11.5. The smallest absolute Gasteiger partial charge is 0.326 e. The van der Waals surface area contributed by atoms with Crippen molar-refractivity contribution in [1.82, 2.24) is 5.32 Å². The van der Waals surface area contributed by atoms with Crippen LogP contribution >= 0.6 is 0 Å². The molecule has 0 heterocycles. The summed E-state index contributed by atoms with van der Waals surface area (Å²) in [6.45, 7) is 0. The standard InChI is InChI=1S/C18H19NO5/c20-16(14-11-6-7-12(9-11)15(14)18(23)24)19-13(17(21)22)8-10-4-2-1-3-5-10/h1-7,11-15H,8-9H2,(H,19,20)(H,21,22)(H,23,24)/t11-,12-,13-,14-,15+/m0/s1. The molecule has 1 aromatic carbocycles. The Morgan fingerprint density at radius 1 is 1.04 bits per heavy atom. The number of carboxylic acid groups (broad SMARTS) is 2. The van der Waals surface area contributed by atoms with Crippen molar-refractivity contribution < 1.29 is 24.6 Å². The predicted molar refractivity (Wildman–Crippen MR) is 85.1 cm³/mol. The summed E-state index contributed by atoms with van der Waals surface area (Å²) in [5.74, 6) is -4.34. The topological polar surface area (TPSA) is 104 Å². The average molecular weight is 329 g/mol. The van der Waals surface area contributed by atoms with Crippen LogP contribution in [0.1, 0.15) is 12.0 Å².